The highest BCUT2D eigenvalue weighted by atomic mass is 32.2. The standard InChI is InChI=1S/C13H21NO2S2/c1-2-11-18(15,16)12-9-14-8-10-17-13-6-4-3-5-7-13/h3-7,14H,2,8-12H2,1H3. The van der Waals surface area contributed by atoms with Crippen LogP contribution in [0.4, 0.5) is 0 Å². The molecule has 18 heavy (non-hydrogen) atoms. The molecule has 5 heteroatoms. The predicted octanol–water partition coefficient (Wildman–Crippen LogP) is 2.19. The fourth-order valence-electron chi connectivity index (χ4n) is 1.52. The Morgan fingerprint density at radius 2 is 1.83 bits per heavy atom. The van der Waals surface area contributed by atoms with E-state index in [9.17, 15) is 8.42 Å². The van der Waals surface area contributed by atoms with Gasteiger partial charge in [0.05, 0.1) is 5.75 Å². The van der Waals surface area contributed by atoms with Crippen LogP contribution < -0.4 is 5.32 Å². The first kappa shape index (κ1) is 15.5. The number of hydrogen-bond acceptors (Lipinski definition) is 4. The maximum absolute atomic E-state index is 11.4. The molecular weight excluding hydrogens is 266 g/mol. The van der Waals surface area contributed by atoms with E-state index in [0.717, 1.165) is 12.3 Å². The average molecular weight is 287 g/mol. The van der Waals surface area contributed by atoms with Gasteiger partial charge in [0.15, 0.2) is 9.84 Å². The van der Waals surface area contributed by atoms with E-state index < -0.39 is 9.84 Å². The first-order chi connectivity index (χ1) is 8.64. The van der Waals surface area contributed by atoms with Crippen molar-refractivity contribution in [1.29, 1.82) is 0 Å². The third-order valence-corrected chi connectivity index (χ3v) is 5.27. The number of sulfone groups is 1. The van der Waals surface area contributed by atoms with E-state index in [0.29, 0.717) is 18.7 Å². The average Bonchev–Trinajstić information content (AvgIpc) is 2.35. The molecule has 0 fully saturated rings. The second-order valence-corrected chi connectivity index (χ2v) is 7.54. The predicted molar refractivity (Wildman–Crippen MR) is 79.0 cm³/mol. The highest BCUT2D eigenvalue weighted by Gasteiger charge is 2.07. The van der Waals surface area contributed by atoms with Gasteiger partial charge in [-0.05, 0) is 18.6 Å². The number of thioether (sulfide) groups is 1. The normalized spacial score (nSPS) is 11.6. The highest BCUT2D eigenvalue weighted by molar-refractivity contribution is 7.99. The molecule has 0 saturated heterocycles. The molecule has 0 aliphatic carbocycles. The zero-order valence-corrected chi connectivity index (χ0v) is 12.4. The van der Waals surface area contributed by atoms with E-state index in [1.807, 2.05) is 25.1 Å². The van der Waals surface area contributed by atoms with Crippen molar-refractivity contribution in [2.24, 2.45) is 0 Å². The molecular formula is C13H21NO2S2. The zero-order chi connectivity index (χ0) is 13.3. The molecule has 1 N–H and O–H groups in total. The van der Waals surface area contributed by atoms with Crippen LogP contribution in [0.3, 0.4) is 0 Å². The van der Waals surface area contributed by atoms with E-state index in [1.165, 1.54) is 4.90 Å². The van der Waals surface area contributed by atoms with Gasteiger partial charge in [-0.1, -0.05) is 25.1 Å². The summed E-state index contributed by atoms with van der Waals surface area (Å²) in [6.45, 7) is 3.28. The Morgan fingerprint density at radius 3 is 2.50 bits per heavy atom. The summed E-state index contributed by atoms with van der Waals surface area (Å²) >= 11 is 1.78. The van der Waals surface area contributed by atoms with E-state index in [1.54, 1.807) is 11.8 Å². The molecule has 0 bridgehead atoms. The van der Waals surface area contributed by atoms with Crippen molar-refractivity contribution in [2.45, 2.75) is 18.2 Å². The van der Waals surface area contributed by atoms with Crippen molar-refractivity contribution >= 4 is 21.6 Å². The van der Waals surface area contributed by atoms with Crippen LogP contribution in [0.15, 0.2) is 35.2 Å². The van der Waals surface area contributed by atoms with Crippen molar-refractivity contribution in [2.75, 3.05) is 30.3 Å². The van der Waals surface area contributed by atoms with Gasteiger partial charge in [0.2, 0.25) is 0 Å². The molecule has 0 amide bonds. The fourth-order valence-corrected chi connectivity index (χ4v) is 3.64. The van der Waals surface area contributed by atoms with E-state index in [2.05, 4.69) is 17.4 Å². The van der Waals surface area contributed by atoms with Gasteiger partial charge in [-0.2, -0.15) is 0 Å². The van der Waals surface area contributed by atoms with E-state index in [-0.39, 0.29) is 5.75 Å². The number of benzene rings is 1. The Balaban J connectivity index is 2.06. The minimum absolute atomic E-state index is 0.247. The molecule has 1 rings (SSSR count). The topological polar surface area (TPSA) is 46.2 Å². The van der Waals surface area contributed by atoms with Crippen LogP contribution in [0.2, 0.25) is 0 Å². The molecule has 0 saturated carbocycles. The molecule has 0 aliphatic heterocycles. The summed E-state index contributed by atoms with van der Waals surface area (Å²) in [5, 5.41) is 3.17. The lowest BCUT2D eigenvalue weighted by Crippen LogP contribution is -2.26. The fraction of sp³-hybridized carbons (Fsp3) is 0.538. The number of rotatable bonds is 9. The quantitative estimate of drug-likeness (QED) is 0.559. The molecule has 1 aromatic rings. The first-order valence-corrected chi connectivity index (χ1v) is 9.04. The smallest absolute Gasteiger partial charge is 0.151 e. The van der Waals surface area contributed by atoms with Gasteiger partial charge >= 0.3 is 0 Å². The largest absolute Gasteiger partial charge is 0.315 e. The summed E-state index contributed by atoms with van der Waals surface area (Å²) in [5.41, 5.74) is 0. The number of hydrogen-bond donors (Lipinski definition) is 1. The van der Waals surface area contributed by atoms with Gasteiger partial charge in [0.1, 0.15) is 0 Å². The van der Waals surface area contributed by atoms with Crippen molar-refractivity contribution in [3.8, 4) is 0 Å². The molecule has 0 aliphatic rings. The third kappa shape index (κ3) is 7.03. The molecule has 0 aromatic heterocycles. The molecule has 3 nitrogen and oxygen atoms in total. The summed E-state index contributed by atoms with van der Waals surface area (Å²) in [7, 11) is -2.84. The minimum atomic E-state index is -2.84. The van der Waals surface area contributed by atoms with Gasteiger partial charge in [0, 0.05) is 29.5 Å². The van der Waals surface area contributed by atoms with Gasteiger partial charge in [-0.25, -0.2) is 8.42 Å². The zero-order valence-electron chi connectivity index (χ0n) is 10.8. The Hall–Kier alpha value is -0.520. The molecule has 102 valence electrons. The highest BCUT2D eigenvalue weighted by Crippen LogP contribution is 2.15. The van der Waals surface area contributed by atoms with Crippen molar-refractivity contribution in [3.05, 3.63) is 30.3 Å². The van der Waals surface area contributed by atoms with E-state index >= 15 is 0 Å². The van der Waals surface area contributed by atoms with Crippen molar-refractivity contribution < 1.29 is 8.42 Å². The van der Waals surface area contributed by atoms with Crippen LogP contribution in [-0.2, 0) is 9.84 Å². The van der Waals surface area contributed by atoms with E-state index in [4.69, 9.17) is 0 Å². The minimum Gasteiger partial charge on any atom is -0.315 e. The molecule has 0 heterocycles. The van der Waals surface area contributed by atoms with Crippen molar-refractivity contribution in [3.63, 3.8) is 0 Å². The summed E-state index contributed by atoms with van der Waals surface area (Å²) < 4.78 is 22.9. The van der Waals surface area contributed by atoms with Crippen molar-refractivity contribution in [1.82, 2.24) is 5.32 Å². The molecule has 0 spiro atoms. The summed E-state index contributed by atoms with van der Waals surface area (Å²) in [4.78, 5) is 1.25. The Bertz CT molecular complexity index is 418. The summed E-state index contributed by atoms with van der Waals surface area (Å²) in [6, 6.07) is 10.2. The lowest BCUT2D eigenvalue weighted by atomic mass is 10.4. The summed E-state index contributed by atoms with van der Waals surface area (Å²) in [6.07, 6.45) is 0.701. The third-order valence-electron chi connectivity index (χ3n) is 2.40. The lowest BCUT2D eigenvalue weighted by Gasteiger charge is -2.05. The van der Waals surface area contributed by atoms with Crippen LogP contribution >= 0.6 is 11.8 Å². The molecule has 0 unspecified atom stereocenters. The monoisotopic (exact) mass is 287 g/mol. The Kier molecular flexibility index (Phi) is 7.39. The van der Waals surface area contributed by atoms with Crippen LogP contribution in [0.1, 0.15) is 13.3 Å². The summed E-state index contributed by atoms with van der Waals surface area (Å²) in [5.74, 6) is 1.50. The second-order valence-electron chi connectivity index (χ2n) is 4.06. The maximum Gasteiger partial charge on any atom is 0.151 e. The second kappa shape index (κ2) is 8.56. The van der Waals surface area contributed by atoms with Crippen LogP contribution in [0, 0.1) is 0 Å². The van der Waals surface area contributed by atoms with Crippen LogP contribution in [0.25, 0.3) is 0 Å². The van der Waals surface area contributed by atoms with Crippen LogP contribution in [0.5, 0.6) is 0 Å². The van der Waals surface area contributed by atoms with Gasteiger partial charge in [-0.3, -0.25) is 0 Å². The lowest BCUT2D eigenvalue weighted by molar-refractivity contribution is 0.591. The van der Waals surface area contributed by atoms with Crippen LogP contribution in [-0.4, -0.2) is 38.8 Å². The first-order valence-electron chi connectivity index (χ1n) is 6.23. The SMILES string of the molecule is CCCS(=O)(=O)CCNCCSc1ccccc1. The van der Waals surface area contributed by atoms with Gasteiger partial charge < -0.3 is 5.32 Å². The Morgan fingerprint density at radius 1 is 1.11 bits per heavy atom. The Labute approximate surface area is 114 Å². The van der Waals surface area contributed by atoms with Gasteiger partial charge in [-0.15, -0.1) is 11.8 Å². The maximum atomic E-state index is 11.4. The number of nitrogens with one attached hydrogen (secondary N) is 1. The molecule has 1 aromatic carbocycles. The molecule has 0 atom stereocenters. The molecule has 0 radical (unpaired) electrons. The van der Waals surface area contributed by atoms with Gasteiger partial charge in [0.25, 0.3) is 0 Å².